The molecule has 4 aromatic rings. The van der Waals surface area contributed by atoms with E-state index in [4.69, 9.17) is 11.6 Å². The minimum atomic E-state index is -0.143. The first-order chi connectivity index (χ1) is 11.7. The molecule has 0 unspecified atom stereocenters. The van der Waals surface area contributed by atoms with Crippen molar-refractivity contribution in [3.8, 4) is 11.4 Å². The van der Waals surface area contributed by atoms with Crippen molar-refractivity contribution in [2.75, 3.05) is 0 Å². The van der Waals surface area contributed by atoms with Crippen LogP contribution >= 0.6 is 11.6 Å². The Hall–Kier alpha value is -2.98. The highest BCUT2D eigenvalue weighted by Gasteiger charge is 2.19. The van der Waals surface area contributed by atoms with Gasteiger partial charge in [-0.2, -0.15) is 0 Å². The van der Waals surface area contributed by atoms with Crippen molar-refractivity contribution in [2.45, 2.75) is 0 Å². The number of aromatic nitrogens is 3. The highest BCUT2D eigenvalue weighted by atomic mass is 35.5. The molecule has 0 amide bonds. The zero-order valence-electron chi connectivity index (χ0n) is 12.6. The molecule has 24 heavy (non-hydrogen) atoms. The molecule has 116 valence electrons. The van der Waals surface area contributed by atoms with Gasteiger partial charge in [-0.1, -0.05) is 23.7 Å². The normalized spacial score (nSPS) is 10.9. The molecule has 2 aromatic carbocycles. The maximum atomic E-state index is 13.1. The monoisotopic (exact) mass is 333 g/mol. The molecule has 4 rings (SSSR count). The molecule has 5 heteroatoms. The van der Waals surface area contributed by atoms with E-state index in [1.165, 1.54) is 0 Å². The molecule has 0 aliphatic rings. The average molecular weight is 334 g/mol. The van der Waals surface area contributed by atoms with E-state index in [1.807, 2.05) is 36.4 Å². The van der Waals surface area contributed by atoms with E-state index >= 15 is 0 Å². The van der Waals surface area contributed by atoms with E-state index in [0.29, 0.717) is 16.4 Å². The lowest BCUT2D eigenvalue weighted by atomic mass is 10.2. The van der Waals surface area contributed by atoms with Gasteiger partial charge in [0, 0.05) is 28.5 Å². The first-order valence-electron chi connectivity index (χ1n) is 7.42. The Labute approximate surface area is 143 Å². The second-order valence-corrected chi connectivity index (χ2v) is 5.74. The molecule has 4 nitrogen and oxygen atoms in total. The lowest BCUT2D eigenvalue weighted by Gasteiger charge is -2.08. The first-order valence-corrected chi connectivity index (χ1v) is 7.80. The van der Waals surface area contributed by atoms with E-state index in [1.54, 1.807) is 41.2 Å². The van der Waals surface area contributed by atoms with Gasteiger partial charge in [-0.25, -0.2) is 4.98 Å². The van der Waals surface area contributed by atoms with Crippen LogP contribution in [0.15, 0.2) is 73.1 Å². The maximum absolute atomic E-state index is 13.1. The van der Waals surface area contributed by atoms with Crippen molar-refractivity contribution in [1.82, 2.24) is 14.5 Å². The number of halogens is 1. The van der Waals surface area contributed by atoms with Gasteiger partial charge in [-0.3, -0.25) is 14.3 Å². The van der Waals surface area contributed by atoms with E-state index in [9.17, 15) is 4.79 Å². The molecule has 0 saturated carbocycles. The topological polar surface area (TPSA) is 47.8 Å². The van der Waals surface area contributed by atoms with E-state index < -0.39 is 0 Å². The van der Waals surface area contributed by atoms with Gasteiger partial charge >= 0.3 is 0 Å². The summed E-state index contributed by atoms with van der Waals surface area (Å²) in [6.45, 7) is 0. The molecule has 2 aromatic heterocycles. The number of carbonyl (C=O) groups excluding carboxylic acids is 1. The van der Waals surface area contributed by atoms with Crippen LogP contribution in [0.3, 0.4) is 0 Å². The summed E-state index contributed by atoms with van der Waals surface area (Å²) in [4.78, 5) is 21.7. The molecule has 0 aliphatic carbocycles. The van der Waals surface area contributed by atoms with Crippen LogP contribution in [-0.4, -0.2) is 20.4 Å². The van der Waals surface area contributed by atoms with Gasteiger partial charge in [0.05, 0.1) is 11.0 Å². The molecular weight excluding hydrogens is 322 g/mol. The van der Waals surface area contributed by atoms with Gasteiger partial charge in [0.25, 0.3) is 5.91 Å². The Bertz CT molecular complexity index is 1020. The Morgan fingerprint density at radius 2 is 1.62 bits per heavy atom. The van der Waals surface area contributed by atoms with Crippen LogP contribution in [-0.2, 0) is 0 Å². The van der Waals surface area contributed by atoms with Crippen LogP contribution in [0.2, 0.25) is 5.02 Å². The van der Waals surface area contributed by atoms with E-state index in [-0.39, 0.29) is 5.91 Å². The fourth-order valence-corrected chi connectivity index (χ4v) is 2.77. The number of para-hydroxylation sites is 2. The van der Waals surface area contributed by atoms with E-state index in [0.717, 1.165) is 16.6 Å². The molecule has 0 radical (unpaired) electrons. The maximum Gasteiger partial charge on any atom is 0.264 e. The molecule has 0 aliphatic heterocycles. The second-order valence-electron chi connectivity index (χ2n) is 5.31. The third kappa shape index (κ3) is 2.47. The highest BCUT2D eigenvalue weighted by molar-refractivity contribution is 6.30. The SMILES string of the molecule is O=C(c1ccncc1)n1c(-c2ccc(Cl)cc2)nc2ccccc21. The summed E-state index contributed by atoms with van der Waals surface area (Å²) in [5, 5.41) is 0.641. The summed E-state index contributed by atoms with van der Waals surface area (Å²) in [5.74, 6) is 0.450. The number of benzene rings is 2. The predicted molar refractivity (Wildman–Crippen MR) is 94.1 cm³/mol. The van der Waals surface area contributed by atoms with Gasteiger partial charge in [-0.05, 0) is 48.5 Å². The van der Waals surface area contributed by atoms with Gasteiger partial charge in [0.15, 0.2) is 0 Å². The smallest absolute Gasteiger partial charge is 0.264 e. The summed E-state index contributed by atoms with van der Waals surface area (Å²) < 4.78 is 1.63. The average Bonchev–Trinajstić information content (AvgIpc) is 3.02. The minimum Gasteiger partial charge on any atom is -0.268 e. The minimum absolute atomic E-state index is 0.143. The third-order valence-corrected chi connectivity index (χ3v) is 4.05. The number of rotatable bonds is 2. The molecule has 0 saturated heterocycles. The van der Waals surface area contributed by atoms with Crippen LogP contribution in [0, 0.1) is 0 Å². The molecule has 2 heterocycles. The number of hydrogen-bond donors (Lipinski definition) is 0. The van der Waals surface area contributed by atoms with Crippen LogP contribution in [0.25, 0.3) is 22.4 Å². The summed E-state index contributed by atoms with van der Waals surface area (Å²) in [6, 6.07) is 18.3. The third-order valence-electron chi connectivity index (χ3n) is 3.79. The summed E-state index contributed by atoms with van der Waals surface area (Å²) in [7, 11) is 0. The largest absolute Gasteiger partial charge is 0.268 e. The Morgan fingerprint density at radius 3 is 2.38 bits per heavy atom. The molecule has 0 atom stereocenters. The quantitative estimate of drug-likeness (QED) is 0.545. The van der Waals surface area contributed by atoms with Crippen molar-refractivity contribution < 1.29 is 4.79 Å². The van der Waals surface area contributed by atoms with Crippen LogP contribution in [0.4, 0.5) is 0 Å². The standard InChI is InChI=1S/C19H12ClN3O/c20-15-7-5-13(6-8-15)18-22-16-3-1-2-4-17(16)23(18)19(24)14-9-11-21-12-10-14/h1-12H. The lowest BCUT2D eigenvalue weighted by Crippen LogP contribution is -2.13. The second kappa shape index (κ2) is 5.91. The Balaban J connectivity index is 1.97. The summed E-state index contributed by atoms with van der Waals surface area (Å²) >= 11 is 5.97. The van der Waals surface area contributed by atoms with Crippen LogP contribution < -0.4 is 0 Å². The molecule has 0 N–H and O–H groups in total. The number of carbonyl (C=O) groups is 1. The first kappa shape index (κ1) is 14.6. The number of hydrogen-bond acceptors (Lipinski definition) is 3. The Kier molecular flexibility index (Phi) is 3.59. The van der Waals surface area contributed by atoms with Gasteiger partial charge in [-0.15, -0.1) is 0 Å². The van der Waals surface area contributed by atoms with Crippen LogP contribution in [0.5, 0.6) is 0 Å². The molecule has 0 spiro atoms. The number of fused-ring (bicyclic) bond motifs is 1. The van der Waals surface area contributed by atoms with E-state index in [2.05, 4.69) is 9.97 Å². The number of pyridine rings is 1. The van der Waals surface area contributed by atoms with Crippen molar-refractivity contribution in [3.63, 3.8) is 0 Å². The van der Waals surface area contributed by atoms with Gasteiger partial charge in [0.1, 0.15) is 5.82 Å². The Morgan fingerprint density at radius 1 is 0.917 bits per heavy atom. The molecule has 0 fully saturated rings. The fraction of sp³-hybridized carbons (Fsp3) is 0. The summed E-state index contributed by atoms with van der Waals surface area (Å²) in [6.07, 6.45) is 3.21. The van der Waals surface area contributed by atoms with Gasteiger partial charge in [0.2, 0.25) is 0 Å². The van der Waals surface area contributed by atoms with Crippen molar-refractivity contribution in [2.24, 2.45) is 0 Å². The number of imidazole rings is 1. The van der Waals surface area contributed by atoms with Crippen LogP contribution in [0.1, 0.15) is 10.4 Å². The van der Waals surface area contributed by atoms with Crippen molar-refractivity contribution >= 4 is 28.5 Å². The van der Waals surface area contributed by atoms with Gasteiger partial charge < -0.3 is 0 Å². The number of nitrogens with zero attached hydrogens (tertiary/aromatic N) is 3. The predicted octanol–water partition coefficient (Wildman–Crippen LogP) is 4.44. The zero-order chi connectivity index (χ0) is 16.5. The molecular formula is C19H12ClN3O. The molecule has 0 bridgehead atoms. The van der Waals surface area contributed by atoms with Crippen molar-refractivity contribution in [3.05, 3.63) is 83.6 Å². The lowest BCUT2D eigenvalue weighted by molar-refractivity contribution is 0.0966. The zero-order valence-corrected chi connectivity index (χ0v) is 13.3. The highest BCUT2D eigenvalue weighted by Crippen LogP contribution is 2.26. The summed E-state index contributed by atoms with van der Waals surface area (Å²) in [5.41, 5.74) is 2.93. The van der Waals surface area contributed by atoms with Crippen molar-refractivity contribution in [1.29, 1.82) is 0 Å². The fourth-order valence-electron chi connectivity index (χ4n) is 2.65.